The van der Waals surface area contributed by atoms with Crippen LogP contribution in [-0.4, -0.2) is 80.3 Å². The average Bonchev–Trinajstić information content (AvgIpc) is 2.65. The lowest BCUT2D eigenvalue weighted by atomic mass is 9.73. The summed E-state index contributed by atoms with van der Waals surface area (Å²) in [5, 5.41) is 0. The summed E-state index contributed by atoms with van der Waals surface area (Å²) in [7, 11) is 4.09. The van der Waals surface area contributed by atoms with Crippen molar-refractivity contribution in [3.8, 4) is 0 Å². The molecule has 0 aromatic carbocycles. The quantitative estimate of drug-likeness (QED) is 0.733. The van der Waals surface area contributed by atoms with Crippen LogP contribution in [0, 0.1) is 5.41 Å². The molecule has 2 fully saturated rings. The molecule has 1 amide bonds. The highest BCUT2D eigenvalue weighted by atomic mass is 16.5. The number of likely N-dealkylation sites (tertiary alicyclic amines) is 1. The molecule has 1 aromatic rings. The molecule has 2 aliphatic heterocycles. The maximum atomic E-state index is 12.8. The summed E-state index contributed by atoms with van der Waals surface area (Å²) in [5.74, 6) is 0.0114. The highest BCUT2D eigenvalue weighted by Gasteiger charge is 2.47. The minimum absolute atomic E-state index is 0.0114. The topological polar surface area (TPSA) is 54.9 Å². The second-order valence-corrected chi connectivity index (χ2v) is 7.41. The fourth-order valence-corrected chi connectivity index (χ4v) is 3.85. The van der Waals surface area contributed by atoms with Gasteiger partial charge in [0.1, 0.15) is 5.69 Å². The first-order valence-corrected chi connectivity index (χ1v) is 9.15. The van der Waals surface area contributed by atoms with Gasteiger partial charge in [0.25, 0.3) is 5.91 Å². The number of likely N-dealkylation sites (N-methyl/N-ethyl adjacent to an activating group) is 1. The van der Waals surface area contributed by atoms with Crippen LogP contribution >= 0.6 is 0 Å². The molecule has 0 N–H and O–H groups in total. The van der Waals surface area contributed by atoms with Crippen molar-refractivity contribution in [2.45, 2.75) is 25.4 Å². The van der Waals surface area contributed by atoms with Crippen LogP contribution < -0.4 is 0 Å². The third-order valence-electron chi connectivity index (χ3n) is 5.23. The first kappa shape index (κ1) is 18.3. The monoisotopic (exact) mass is 347 g/mol. The van der Waals surface area contributed by atoms with Crippen molar-refractivity contribution in [3.63, 3.8) is 0 Å². The summed E-state index contributed by atoms with van der Waals surface area (Å²) < 4.78 is 12.1. The molecule has 0 spiro atoms. The van der Waals surface area contributed by atoms with E-state index in [0.717, 1.165) is 39.0 Å². The number of ether oxygens (including phenoxy) is 2. The number of pyridine rings is 1. The van der Waals surface area contributed by atoms with E-state index in [9.17, 15) is 4.79 Å². The third-order valence-corrected chi connectivity index (χ3v) is 5.23. The zero-order valence-electron chi connectivity index (χ0n) is 15.3. The zero-order chi connectivity index (χ0) is 17.7. The van der Waals surface area contributed by atoms with E-state index in [2.05, 4.69) is 9.88 Å². The Morgan fingerprint density at radius 1 is 1.48 bits per heavy atom. The molecule has 138 valence electrons. The molecule has 2 aliphatic rings. The first-order valence-electron chi connectivity index (χ1n) is 9.15. The summed E-state index contributed by atoms with van der Waals surface area (Å²) in [5.41, 5.74) is 0.425. The van der Waals surface area contributed by atoms with Crippen LogP contribution in [0.4, 0.5) is 0 Å². The maximum absolute atomic E-state index is 12.8. The van der Waals surface area contributed by atoms with Crippen LogP contribution in [0.3, 0.4) is 0 Å². The van der Waals surface area contributed by atoms with E-state index >= 15 is 0 Å². The number of nitrogens with zero attached hydrogens (tertiary/aromatic N) is 3. The summed E-state index contributed by atoms with van der Waals surface area (Å²) in [6.45, 7) is 4.48. The number of hydrogen-bond donors (Lipinski definition) is 0. The average molecular weight is 347 g/mol. The van der Waals surface area contributed by atoms with Gasteiger partial charge in [-0.3, -0.25) is 9.78 Å². The molecule has 1 aromatic heterocycles. The van der Waals surface area contributed by atoms with E-state index in [-0.39, 0.29) is 17.4 Å². The fourth-order valence-electron chi connectivity index (χ4n) is 3.85. The number of carbonyl (C=O) groups excluding carboxylic acids is 1. The van der Waals surface area contributed by atoms with E-state index in [4.69, 9.17) is 9.47 Å². The van der Waals surface area contributed by atoms with Gasteiger partial charge >= 0.3 is 0 Å². The summed E-state index contributed by atoms with van der Waals surface area (Å²) in [6.07, 6.45) is 4.80. The molecule has 2 saturated heterocycles. The van der Waals surface area contributed by atoms with Crippen molar-refractivity contribution in [1.82, 2.24) is 14.8 Å². The zero-order valence-corrected chi connectivity index (χ0v) is 15.3. The van der Waals surface area contributed by atoms with Gasteiger partial charge in [0, 0.05) is 37.9 Å². The standard InChI is InChI=1S/C19H29N3O3/c1-21(2)11-13-24-15-19-8-5-12-25-17(19)7-10-22(14-19)18(23)16-6-3-4-9-20-16/h3-4,6,9,17H,5,7-8,10-15H2,1-2H3/t17-,19-/m0/s1. The van der Waals surface area contributed by atoms with E-state index in [1.807, 2.05) is 31.1 Å². The number of aromatic nitrogens is 1. The van der Waals surface area contributed by atoms with Gasteiger partial charge in [0.15, 0.2) is 0 Å². The molecule has 3 rings (SSSR count). The highest BCUT2D eigenvalue weighted by molar-refractivity contribution is 5.92. The van der Waals surface area contributed by atoms with Crippen LogP contribution in [0.25, 0.3) is 0 Å². The molecule has 25 heavy (non-hydrogen) atoms. The van der Waals surface area contributed by atoms with Gasteiger partial charge < -0.3 is 19.3 Å². The smallest absolute Gasteiger partial charge is 0.272 e. The molecule has 0 radical (unpaired) electrons. The molecule has 2 atom stereocenters. The van der Waals surface area contributed by atoms with Gasteiger partial charge in [-0.15, -0.1) is 0 Å². The lowest BCUT2D eigenvalue weighted by Gasteiger charge is -2.50. The van der Waals surface area contributed by atoms with Crippen molar-refractivity contribution in [3.05, 3.63) is 30.1 Å². The Morgan fingerprint density at radius 3 is 3.12 bits per heavy atom. The normalized spacial score (nSPS) is 26.5. The number of rotatable bonds is 6. The van der Waals surface area contributed by atoms with Crippen molar-refractivity contribution < 1.29 is 14.3 Å². The Kier molecular flexibility index (Phi) is 6.04. The van der Waals surface area contributed by atoms with Crippen LogP contribution in [0.15, 0.2) is 24.4 Å². The maximum Gasteiger partial charge on any atom is 0.272 e. The minimum Gasteiger partial charge on any atom is -0.379 e. The number of piperidine rings is 1. The van der Waals surface area contributed by atoms with E-state index in [1.54, 1.807) is 12.3 Å². The van der Waals surface area contributed by atoms with Gasteiger partial charge in [-0.1, -0.05) is 6.07 Å². The molecule has 0 bridgehead atoms. The number of amides is 1. The number of hydrogen-bond acceptors (Lipinski definition) is 5. The lowest BCUT2D eigenvalue weighted by Crippen LogP contribution is -2.58. The van der Waals surface area contributed by atoms with Crippen LogP contribution in [0.1, 0.15) is 29.8 Å². The Balaban J connectivity index is 1.67. The number of carbonyl (C=O) groups is 1. The predicted molar refractivity (Wildman–Crippen MR) is 95.5 cm³/mol. The molecule has 0 saturated carbocycles. The Labute approximate surface area is 150 Å². The summed E-state index contributed by atoms with van der Waals surface area (Å²) in [4.78, 5) is 21.1. The SMILES string of the molecule is CN(C)CCOC[C@@]12CCCO[C@H]1CCN(C(=O)c1ccccn1)C2. The second-order valence-electron chi connectivity index (χ2n) is 7.41. The first-order chi connectivity index (χ1) is 12.1. The minimum atomic E-state index is -0.0900. The van der Waals surface area contributed by atoms with Crippen molar-refractivity contribution in [2.24, 2.45) is 5.41 Å². The van der Waals surface area contributed by atoms with Gasteiger partial charge in [-0.2, -0.15) is 0 Å². The lowest BCUT2D eigenvalue weighted by molar-refractivity contribution is -0.147. The Hall–Kier alpha value is -1.50. The van der Waals surface area contributed by atoms with E-state index in [0.29, 0.717) is 25.5 Å². The predicted octanol–water partition coefficient (Wildman–Crippen LogP) is 1.67. The van der Waals surface area contributed by atoms with Gasteiger partial charge in [0.05, 0.1) is 19.3 Å². The molecular weight excluding hydrogens is 318 g/mol. The van der Waals surface area contributed by atoms with Crippen LogP contribution in [0.2, 0.25) is 0 Å². The Bertz CT molecular complexity index is 566. The van der Waals surface area contributed by atoms with Crippen molar-refractivity contribution in [1.29, 1.82) is 0 Å². The number of fused-ring (bicyclic) bond motifs is 1. The van der Waals surface area contributed by atoms with Crippen LogP contribution in [-0.2, 0) is 9.47 Å². The van der Waals surface area contributed by atoms with E-state index in [1.165, 1.54) is 0 Å². The Morgan fingerprint density at radius 2 is 2.36 bits per heavy atom. The summed E-state index contributed by atoms with van der Waals surface area (Å²) in [6, 6.07) is 5.47. The van der Waals surface area contributed by atoms with Crippen molar-refractivity contribution in [2.75, 3.05) is 53.6 Å². The summed E-state index contributed by atoms with van der Waals surface area (Å²) >= 11 is 0. The molecule has 6 heteroatoms. The van der Waals surface area contributed by atoms with Crippen molar-refractivity contribution >= 4 is 5.91 Å². The van der Waals surface area contributed by atoms with Gasteiger partial charge in [0.2, 0.25) is 0 Å². The molecule has 3 heterocycles. The van der Waals surface area contributed by atoms with E-state index < -0.39 is 0 Å². The molecular formula is C19H29N3O3. The largest absolute Gasteiger partial charge is 0.379 e. The molecule has 0 unspecified atom stereocenters. The fraction of sp³-hybridized carbons (Fsp3) is 0.684. The van der Waals surface area contributed by atoms with Gasteiger partial charge in [-0.25, -0.2) is 0 Å². The third kappa shape index (κ3) is 4.37. The van der Waals surface area contributed by atoms with Gasteiger partial charge in [-0.05, 0) is 45.5 Å². The van der Waals surface area contributed by atoms with Crippen LogP contribution in [0.5, 0.6) is 0 Å². The second kappa shape index (κ2) is 8.25. The molecule has 0 aliphatic carbocycles. The highest BCUT2D eigenvalue weighted by Crippen LogP contribution is 2.40. The molecule has 6 nitrogen and oxygen atoms in total.